The van der Waals surface area contributed by atoms with E-state index in [9.17, 15) is 4.39 Å². The molecule has 0 unspecified atom stereocenters. The monoisotopic (exact) mass is 340 g/mol. The Balaban J connectivity index is 2.04. The minimum Gasteiger partial charge on any atom is -0.337 e. The summed E-state index contributed by atoms with van der Waals surface area (Å²) in [6, 6.07) is 4.38. The molecule has 1 aromatic carbocycles. The van der Waals surface area contributed by atoms with Crippen molar-refractivity contribution in [2.45, 2.75) is 0 Å². The molecule has 2 aromatic heterocycles. The first-order valence-electron chi connectivity index (χ1n) is 5.35. The molecule has 0 aliphatic carbocycles. The van der Waals surface area contributed by atoms with E-state index < -0.39 is 5.82 Å². The normalized spacial score (nSPS) is 10.9. The van der Waals surface area contributed by atoms with E-state index in [-0.39, 0.29) is 5.02 Å². The van der Waals surface area contributed by atoms with Gasteiger partial charge in [0, 0.05) is 24.3 Å². The van der Waals surface area contributed by atoms with Crippen molar-refractivity contribution in [3.05, 3.63) is 52.2 Å². The fourth-order valence-corrected chi connectivity index (χ4v) is 2.27. The number of hydrogen-bond acceptors (Lipinski definition) is 3. The molecule has 1 N–H and O–H groups in total. The van der Waals surface area contributed by atoms with Crippen LogP contribution in [0, 0.1) is 5.82 Å². The number of nitrogens with one attached hydrogen (secondary N) is 1. The molecule has 0 radical (unpaired) electrons. The van der Waals surface area contributed by atoms with E-state index in [0.29, 0.717) is 21.8 Å². The number of halogens is 3. The fourth-order valence-electron chi connectivity index (χ4n) is 1.70. The van der Waals surface area contributed by atoms with Gasteiger partial charge in [-0.05, 0) is 34.1 Å². The van der Waals surface area contributed by atoms with Crippen molar-refractivity contribution >= 4 is 44.7 Å². The van der Waals surface area contributed by atoms with Gasteiger partial charge >= 0.3 is 0 Å². The average molecular weight is 342 g/mol. The number of hydrogen-bond donors (Lipinski definition) is 1. The summed E-state index contributed by atoms with van der Waals surface area (Å²) in [5, 5.41) is 3.12. The third kappa shape index (κ3) is 2.41. The number of benzene rings is 1. The van der Waals surface area contributed by atoms with Crippen molar-refractivity contribution in [1.29, 1.82) is 0 Å². The largest absolute Gasteiger partial charge is 0.337 e. The minimum absolute atomic E-state index is 0.0550. The highest BCUT2D eigenvalue weighted by Crippen LogP contribution is 2.24. The zero-order chi connectivity index (χ0) is 13.4. The molecule has 0 spiro atoms. The van der Waals surface area contributed by atoms with Gasteiger partial charge in [-0.15, -0.1) is 0 Å². The van der Waals surface area contributed by atoms with Gasteiger partial charge in [-0.2, -0.15) is 0 Å². The fraction of sp³-hybridized carbons (Fsp3) is 0. The Morgan fingerprint density at radius 3 is 3.00 bits per heavy atom. The molecule has 0 saturated carbocycles. The van der Waals surface area contributed by atoms with Crippen LogP contribution >= 0.6 is 27.5 Å². The first-order valence-corrected chi connectivity index (χ1v) is 6.52. The molecule has 0 atom stereocenters. The lowest BCUT2D eigenvalue weighted by Crippen LogP contribution is -1.99. The van der Waals surface area contributed by atoms with Gasteiger partial charge in [0.25, 0.3) is 0 Å². The summed E-state index contributed by atoms with van der Waals surface area (Å²) in [4.78, 5) is 8.51. The van der Waals surface area contributed by atoms with Crippen LogP contribution in [0.3, 0.4) is 0 Å². The Morgan fingerprint density at radius 1 is 1.37 bits per heavy atom. The van der Waals surface area contributed by atoms with E-state index in [4.69, 9.17) is 11.6 Å². The smallest absolute Gasteiger partial charge is 0.180 e. The highest BCUT2D eigenvalue weighted by atomic mass is 79.9. The maximum absolute atomic E-state index is 13.1. The molecule has 3 aromatic rings. The lowest BCUT2D eigenvalue weighted by Gasteiger charge is -2.08. The molecule has 0 aliphatic rings. The van der Waals surface area contributed by atoms with Crippen molar-refractivity contribution in [2.75, 3.05) is 5.32 Å². The summed E-state index contributed by atoms with van der Waals surface area (Å²) >= 11 is 9.06. The quantitative estimate of drug-likeness (QED) is 0.765. The summed E-state index contributed by atoms with van der Waals surface area (Å²) in [6.07, 6.45) is 5.28. The summed E-state index contributed by atoms with van der Waals surface area (Å²) in [5.74, 6) is 0.0995. The Kier molecular flexibility index (Phi) is 3.12. The van der Waals surface area contributed by atoms with Crippen molar-refractivity contribution in [2.24, 2.45) is 0 Å². The van der Waals surface area contributed by atoms with Crippen LogP contribution in [0.4, 0.5) is 15.9 Å². The number of nitrogens with zero attached hydrogens (tertiary/aromatic N) is 3. The van der Waals surface area contributed by atoms with E-state index in [1.807, 2.05) is 10.6 Å². The van der Waals surface area contributed by atoms with Crippen molar-refractivity contribution < 1.29 is 4.39 Å². The van der Waals surface area contributed by atoms with Crippen LogP contribution in [0.5, 0.6) is 0 Å². The van der Waals surface area contributed by atoms with E-state index in [2.05, 4.69) is 31.2 Å². The van der Waals surface area contributed by atoms with Gasteiger partial charge in [-0.3, -0.25) is 0 Å². The van der Waals surface area contributed by atoms with Crippen LogP contribution in [0.1, 0.15) is 0 Å². The molecule has 7 heteroatoms. The topological polar surface area (TPSA) is 42.2 Å². The Hall–Kier alpha value is -1.66. The van der Waals surface area contributed by atoms with Crippen molar-refractivity contribution in [3.8, 4) is 0 Å². The molecule has 3 rings (SSSR count). The molecular formula is C12H7BrClFN4. The van der Waals surface area contributed by atoms with Crippen molar-refractivity contribution in [3.63, 3.8) is 0 Å². The van der Waals surface area contributed by atoms with Gasteiger partial charge < -0.3 is 9.72 Å². The van der Waals surface area contributed by atoms with E-state index in [0.717, 1.165) is 0 Å². The number of aromatic nitrogens is 3. The Bertz CT molecular complexity index is 759. The van der Waals surface area contributed by atoms with E-state index in [1.54, 1.807) is 18.5 Å². The van der Waals surface area contributed by atoms with Gasteiger partial charge in [0.05, 0.1) is 5.02 Å². The standard InChI is InChI=1S/C12H7BrClFN4/c13-10-6-19-4-3-16-12(19)11(18-10)17-7-1-2-9(15)8(14)5-7/h1-6H,(H,17,18). The molecule has 0 saturated heterocycles. The SMILES string of the molecule is Fc1ccc(Nc2nc(Br)cn3ccnc23)cc1Cl. The van der Waals surface area contributed by atoms with Crippen LogP contribution in [-0.2, 0) is 0 Å². The lowest BCUT2D eigenvalue weighted by atomic mass is 10.3. The molecule has 4 nitrogen and oxygen atoms in total. The number of anilines is 2. The second-order valence-corrected chi connectivity index (χ2v) is 5.04. The lowest BCUT2D eigenvalue weighted by molar-refractivity contribution is 0.628. The number of fused-ring (bicyclic) bond motifs is 1. The average Bonchev–Trinajstić information content (AvgIpc) is 2.82. The van der Waals surface area contributed by atoms with Crippen LogP contribution in [0.25, 0.3) is 5.65 Å². The molecule has 0 amide bonds. The minimum atomic E-state index is -0.458. The van der Waals surface area contributed by atoms with Crippen molar-refractivity contribution in [1.82, 2.24) is 14.4 Å². The summed E-state index contributed by atoms with van der Waals surface area (Å²) in [5.41, 5.74) is 1.31. The van der Waals surface area contributed by atoms with Gasteiger partial charge in [-0.25, -0.2) is 14.4 Å². The Morgan fingerprint density at radius 2 is 2.21 bits per heavy atom. The number of rotatable bonds is 2. The first-order chi connectivity index (χ1) is 9.13. The third-order valence-corrected chi connectivity index (χ3v) is 3.20. The number of imidazole rings is 1. The zero-order valence-corrected chi connectivity index (χ0v) is 11.8. The van der Waals surface area contributed by atoms with Crippen LogP contribution in [-0.4, -0.2) is 14.4 Å². The molecule has 2 heterocycles. The maximum Gasteiger partial charge on any atom is 0.180 e. The predicted octanol–water partition coefficient (Wildman–Crippen LogP) is 4.03. The molecule has 19 heavy (non-hydrogen) atoms. The predicted molar refractivity (Wildman–Crippen MR) is 75.4 cm³/mol. The highest BCUT2D eigenvalue weighted by molar-refractivity contribution is 9.10. The van der Waals surface area contributed by atoms with Crippen LogP contribution < -0.4 is 5.32 Å². The first kappa shape index (κ1) is 12.4. The molecular weight excluding hydrogens is 335 g/mol. The summed E-state index contributed by atoms with van der Waals surface area (Å²) in [6.45, 7) is 0. The molecule has 0 fully saturated rings. The molecule has 96 valence electrons. The highest BCUT2D eigenvalue weighted by Gasteiger charge is 2.08. The summed E-state index contributed by atoms with van der Waals surface area (Å²) in [7, 11) is 0. The van der Waals surface area contributed by atoms with Gasteiger partial charge in [0.15, 0.2) is 11.5 Å². The van der Waals surface area contributed by atoms with Crippen LogP contribution in [0.2, 0.25) is 5.02 Å². The van der Waals surface area contributed by atoms with Gasteiger partial charge in [0.2, 0.25) is 0 Å². The molecule has 0 bridgehead atoms. The summed E-state index contributed by atoms with van der Waals surface area (Å²) < 4.78 is 15.6. The van der Waals surface area contributed by atoms with Gasteiger partial charge in [0.1, 0.15) is 10.4 Å². The second-order valence-electron chi connectivity index (χ2n) is 3.82. The zero-order valence-electron chi connectivity index (χ0n) is 9.44. The maximum atomic E-state index is 13.1. The van der Waals surface area contributed by atoms with E-state index >= 15 is 0 Å². The van der Waals surface area contributed by atoms with Gasteiger partial charge in [-0.1, -0.05) is 11.6 Å². The Labute approximate surface area is 121 Å². The second kappa shape index (κ2) is 4.79. The van der Waals surface area contributed by atoms with Crippen LogP contribution in [0.15, 0.2) is 41.4 Å². The van der Waals surface area contributed by atoms with E-state index in [1.165, 1.54) is 12.1 Å². The third-order valence-electron chi connectivity index (χ3n) is 2.53. The molecule has 0 aliphatic heterocycles.